The summed E-state index contributed by atoms with van der Waals surface area (Å²) in [5.74, 6) is 0. The number of hydrogen-bond donors (Lipinski definition) is 1. The van der Waals surface area contributed by atoms with Crippen LogP contribution < -0.4 is 5.32 Å². The minimum atomic E-state index is 0.607. The van der Waals surface area contributed by atoms with Crippen LogP contribution in [0.2, 0.25) is 0 Å². The number of hydrogen-bond acceptors (Lipinski definition) is 1. The first-order chi connectivity index (χ1) is 8.81. The van der Waals surface area contributed by atoms with Crippen molar-refractivity contribution in [1.29, 1.82) is 0 Å². The normalized spacial score (nSPS) is 18.7. The number of fused-ring (bicyclic) bond motifs is 1. The molecule has 1 aliphatic carbocycles. The predicted octanol–water partition coefficient (Wildman–Crippen LogP) is 4.19. The van der Waals surface area contributed by atoms with Gasteiger partial charge in [-0.3, -0.25) is 0 Å². The fourth-order valence-corrected chi connectivity index (χ4v) is 3.28. The van der Waals surface area contributed by atoms with Crippen molar-refractivity contribution in [2.45, 2.75) is 65.3 Å². The lowest BCUT2D eigenvalue weighted by Crippen LogP contribution is -2.27. The molecule has 0 aromatic heterocycles. The predicted molar refractivity (Wildman–Crippen MR) is 79.2 cm³/mol. The van der Waals surface area contributed by atoms with Crippen LogP contribution in [0.1, 0.15) is 68.3 Å². The van der Waals surface area contributed by atoms with E-state index in [1.165, 1.54) is 32.1 Å². The highest BCUT2D eigenvalue weighted by atomic mass is 14.9. The van der Waals surface area contributed by atoms with Crippen LogP contribution in [0.3, 0.4) is 0 Å². The molecule has 1 nitrogen and oxygen atoms in total. The second kappa shape index (κ2) is 6.38. The first kappa shape index (κ1) is 13.6. The standard InChI is InChI=1S/C17H27N/c1-4-12-18-16-9-7-8-15-13(5-2)10-11-14(6-3)17(15)16/h10-11,16,18H,4-9,12H2,1-3H3. The van der Waals surface area contributed by atoms with E-state index in [2.05, 4.69) is 38.2 Å². The van der Waals surface area contributed by atoms with Crippen molar-refractivity contribution in [1.82, 2.24) is 5.32 Å². The van der Waals surface area contributed by atoms with Crippen molar-refractivity contribution in [3.63, 3.8) is 0 Å². The molecule has 0 heterocycles. The summed E-state index contributed by atoms with van der Waals surface area (Å²) in [6.45, 7) is 7.96. The summed E-state index contributed by atoms with van der Waals surface area (Å²) in [5.41, 5.74) is 6.45. The molecule has 2 rings (SSSR count). The van der Waals surface area contributed by atoms with Crippen LogP contribution in [0.25, 0.3) is 0 Å². The molecule has 1 unspecified atom stereocenters. The summed E-state index contributed by atoms with van der Waals surface area (Å²) in [6.07, 6.45) is 7.50. The van der Waals surface area contributed by atoms with Crippen LogP contribution in [0, 0.1) is 0 Å². The van der Waals surface area contributed by atoms with Crippen molar-refractivity contribution in [3.8, 4) is 0 Å². The van der Waals surface area contributed by atoms with Gasteiger partial charge < -0.3 is 5.32 Å². The van der Waals surface area contributed by atoms with Crippen molar-refractivity contribution < 1.29 is 0 Å². The maximum Gasteiger partial charge on any atom is 0.0325 e. The van der Waals surface area contributed by atoms with E-state index in [4.69, 9.17) is 0 Å². The lowest BCUT2D eigenvalue weighted by Gasteiger charge is -2.30. The Balaban J connectivity index is 2.39. The zero-order valence-corrected chi connectivity index (χ0v) is 12.2. The van der Waals surface area contributed by atoms with Crippen LogP contribution in [-0.2, 0) is 19.3 Å². The molecule has 0 bridgehead atoms. The first-order valence-corrected chi connectivity index (χ1v) is 7.68. The van der Waals surface area contributed by atoms with Gasteiger partial charge in [-0.15, -0.1) is 0 Å². The monoisotopic (exact) mass is 245 g/mol. The molecule has 1 heteroatoms. The summed E-state index contributed by atoms with van der Waals surface area (Å²) in [5, 5.41) is 3.75. The quantitative estimate of drug-likeness (QED) is 0.820. The molecule has 1 aliphatic rings. The molecule has 0 saturated heterocycles. The topological polar surface area (TPSA) is 12.0 Å². The molecule has 0 spiro atoms. The van der Waals surface area contributed by atoms with Crippen molar-refractivity contribution in [2.24, 2.45) is 0 Å². The third-order valence-electron chi connectivity index (χ3n) is 4.21. The van der Waals surface area contributed by atoms with Gasteiger partial charge in [-0.2, -0.15) is 0 Å². The highest BCUT2D eigenvalue weighted by molar-refractivity contribution is 5.44. The zero-order valence-electron chi connectivity index (χ0n) is 12.2. The molecule has 0 radical (unpaired) electrons. The van der Waals surface area contributed by atoms with E-state index in [9.17, 15) is 0 Å². The van der Waals surface area contributed by atoms with E-state index in [0.29, 0.717) is 6.04 Å². The number of nitrogens with one attached hydrogen (secondary N) is 1. The molecule has 0 saturated carbocycles. The van der Waals surface area contributed by atoms with Crippen molar-refractivity contribution in [2.75, 3.05) is 6.54 Å². The zero-order chi connectivity index (χ0) is 13.0. The van der Waals surface area contributed by atoms with Gasteiger partial charge in [0.05, 0.1) is 0 Å². The van der Waals surface area contributed by atoms with E-state index in [1.54, 1.807) is 22.3 Å². The molecular weight excluding hydrogens is 218 g/mol. The van der Waals surface area contributed by atoms with Gasteiger partial charge in [0.2, 0.25) is 0 Å². The Morgan fingerprint density at radius 3 is 2.50 bits per heavy atom. The van der Waals surface area contributed by atoms with Crippen LogP contribution in [0.15, 0.2) is 12.1 Å². The second-order valence-electron chi connectivity index (χ2n) is 5.38. The summed E-state index contributed by atoms with van der Waals surface area (Å²) >= 11 is 0. The smallest absolute Gasteiger partial charge is 0.0325 e. The average molecular weight is 245 g/mol. The minimum Gasteiger partial charge on any atom is -0.310 e. The van der Waals surface area contributed by atoms with E-state index >= 15 is 0 Å². The number of benzene rings is 1. The molecule has 0 aliphatic heterocycles. The maximum absolute atomic E-state index is 3.75. The molecular formula is C17H27N. The summed E-state index contributed by atoms with van der Waals surface area (Å²) in [6, 6.07) is 5.33. The fraction of sp³-hybridized carbons (Fsp3) is 0.647. The van der Waals surface area contributed by atoms with E-state index < -0.39 is 0 Å². The minimum absolute atomic E-state index is 0.607. The Labute approximate surface area is 112 Å². The largest absolute Gasteiger partial charge is 0.310 e. The van der Waals surface area contributed by atoms with E-state index in [1.807, 2.05) is 0 Å². The van der Waals surface area contributed by atoms with E-state index in [0.717, 1.165) is 13.0 Å². The Morgan fingerprint density at radius 2 is 1.83 bits per heavy atom. The maximum atomic E-state index is 3.75. The fourth-order valence-electron chi connectivity index (χ4n) is 3.28. The van der Waals surface area contributed by atoms with Crippen LogP contribution in [0.5, 0.6) is 0 Å². The molecule has 0 fully saturated rings. The van der Waals surface area contributed by atoms with Gasteiger partial charge in [0.1, 0.15) is 0 Å². The molecule has 1 atom stereocenters. The highest BCUT2D eigenvalue weighted by Gasteiger charge is 2.23. The Morgan fingerprint density at radius 1 is 1.11 bits per heavy atom. The molecule has 18 heavy (non-hydrogen) atoms. The molecule has 100 valence electrons. The van der Waals surface area contributed by atoms with Gasteiger partial charge in [-0.05, 0) is 67.3 Å². The lowest BCUT2D eigenvalue weighted by atomic mass is 9.80. The Hall–Kier alpha value is -0.820. The van der Waals surface area contributed by atoms with Gasteiger partial charge >= 0.3 is 0 Å². The van der Waals surface area contributed by atoms with Gasteiger partial charge in [0.25, 0.3) is 0 Å². The first-order valence-electron chi connectivity index (χ1n) is 7.68. The Bertz CT molecular complexity index is 395. The summed E-state index contributed by atoms with van der Waals surface area (Å²) in [4.78, 5) is 0. The lowest BCUT2D eigenvalue weighted by molar-refractivity contribution is 0.456. The van der Waals surface area contributed by atoms with Crippen LogP contribution in [-0.4, -0.2) is 6.54 Å². The van der Waals surface area contributed by atoms with Gasteiger partial charge in [-0.1, -0.05) is 32.9 Å². The molecule has 0 amide bonds. The SMILES string of the molecule is CCCNC1CCCc2c(CC)ccc(CC)c21. The third-order valence-corrected chi connectivity index (χ3v) is 4.21. The van der Waals surface area contributed by atoms with Crippen LogP contribution >= 0.6 is 0 Å². The van der Waals surface area contributed by atoms with Crippen molar-refractivity contribution in [3.05, 3.63) is 34.4 Å². The van der Waals surface area contributed by atoms with E-state index in [-0.39, 0.29) is 0 Å². The average Bonchev–Trinajstić information content (AvgIpc) is 2.43. The highest BCUT2D eigenvalue weighted by Crippen LogP contribution is 2.35. The molecule has 1 aromatic rings. The number of rotatable bonds is 5. The molecule has 1 aromatic carbocycles. The van der Waals surface area contributed by atoms with Crippen LogP contribution in [0.4, 0.5) is 0 Å². The van der Waals surface area contributed by atoms with Gasteiger partial charge in [0.15, 0.2) is 0 Å². The Kier molecular flexibility index (Phi) is 4.82. The van der Waals surface area contributed by atoms with Gasteiger partial charge in [0, 0.05) is 6.04 Å². The van der Waals surface area contributed by atoms with Crippen molar-refractivity contribution >= 4 is 0 Å². The van der Waals surface area contributed by atoms with Gasteiger partial charge in [-0.25, -0.2) is 0 Å². The number of aryl methyl sites for hydroxylation is 2. The third kappa shape index (κ3) is 2.61. The summed E-state index contributed by atoms with van der Waals surface area (Å²) in [7, 11) is 0. The molecule has 1 N–H and O–H groups in total. The second-order valence-corrected chi connectivity index (χ2v) is 5.38. The summed E-state index contributed by atoms with van der Waals surface area (Å²) < 4.78 is 0.